The Morgan fingerprint density at radius 3 is 2.21 bits per heavy atom. The minimum Gasteiger partial charge on any atom is -0.423 e. The van der Waals surface area contributed by atoms with Gasteiger partial charge in [0.15, 0.2) is 17.5 Å². The molecule has 2 N–H and O–H groups in total. The lowest BCUT2D eigenvalue weighted by molar-refractivity contribution is 0.419. The van der Waals surface area contributed by atoms with Crippen molar-refractivity contribution in [3.8, 4) is 0 Å². The van der Waals surface area contributed by atoms with E-state index in [-0.39, 0.29) is 17.4 Å². The van der Waals surface area contributed by atoms with Crippen molar-refractivity contribution >= 4 is 12.6 Å². The maximum absolute atomic E-state index is 13.0. The fraction of sp³-hybridized carbons (Fsp3) is 0.250. The summed E-state index contributed by atoms with van der Waals surface area (Å²) in [5, 5.41) is 17.6. The molecule has 76 valence electrons. The molecular formula is C8H8BF3O2. The predicted octanol–water partition coefficient (Wildman–Crippen LogP) is 0.346. The topological polar surface area (TPSA) is 40.5 Å². The average molecular weight is 204 g/mol. The maximum atomic E-state index is 13.0. The number of hydrogen-bond acceptors (Lipinski definition) is 2. The Kier molecular flexibility index (Phi) is 3.18. The summed E-state index contributed by atoms with van der Waals surface area (Å²) in [6, 6.07) is 0.585. The lowest BCUT2D eigenvalue weighted by Gasteiger charge is -2.09. The first kappa shape index (κ1) is 11.1. The summed E-state index contributed by atoms with van der Waals surface area (Å²) in [7, 11) is -2.01. The van der Waals surface area contributed by atoms with E-state index in [1.165, 1.54) is 6.92 Å². The van der Waals surface area contributed by atoms with Gasteiger partial charge in [0.2, 0.25) is 0 Å². The van der Waals surface area contributed by atoms with E-state index in [1.807, 2.05) is 0 Å². The summed E-state index contributed by atoms with van der Waals surface area (Å²) in [5.74, 6) is -4.38. The highest BCUT2D eigenvalue weighted by atomic mass is 19.2. The maximum Gasteiger partial charge on any atom is 0.488 e. The number of hydrogen-bond donors (Lipinski definition) is 2. The molecule has 0 radical (unpaired) electrons. The van der Waals surface area contributed by atoms with Crippen molar-refractivity contribution in [3.63, 3.8) is 0 Å². The number of halogens is 3. The quantitative estimate of drug-likeness (QED) is 0.538. The van der Waals surface area contributed by atoms with Crippen molar-refractivity contribution in [2.45, 2.75) is 13.3 Å². The van der Waals surface area contributed by atoms with Crippen LogP contribution in [0, 0.1) is 17.5 Å². The van der Waals surface area contributed by atoms with Gasteiger partial charge in [-0.05, 0) is 23.5 Å². The van der Waals surface area contributed by atoms with Gasteiger partial charge in [0.1, 0.15) is 0 Å². The molecule has 0 spiro atoms. The molecule has 0 saturated heterocycles. The third-order valence-corrected chi connectivity index (χ3v) is 1.93. The van der Waals surface area contributed by atoms with Gasteiger partial charge in [-0.25, -0.2) is 13.2 Å². The van der Waals surface area contributed by atoms with E-state index in [4.69, 9.17) is 10.0 Å². The molecule has 2 nitrogen and oxygen atoms in total. The Bertz CT molecular complexity index is 355. The smallest absolute Gasteiger partial charge is 0.423 e. The van der Waals surface area contributed by atoms with Crippen molar-refractivity contribution < 1.29 is 23.2 Å². The van der Waals surface area contributed by atoms with E-state index >= 15 is 0 Å². The van der Waals surface area contributed by atoms with E-state index in [0.717, 1.165) is 0 Å². The van der Waals surface area contributed by atoms with E-state index < -0.39 is 24.6 Å². The molecule has 0 aliphatic rings. The third kappa shape index (κ3) is 1.76. The van der Waals surface area contributed by atoms with E-state index in [0.29, 0.717) is 6.07 Å². The fourth-order valence-electron chi connectivity index (χ4n) is 1.24. The molecule has 0 fully saturated rings. The molecule has 0 heterocycles. The summed E-state index contributed by atoms with van der Waals surface area (Å²) < 4.78 is 38.4. The van der Waals surface area contributed by atoms with Gasteiger partial charge in [0, 0.05) is 0 Å². The summed E-state index contributed by atoms with van der Waals surface area (Å²) in [6.45, 7) is 1.50. The first-order valence-corrected chi connectivity index (χ1v) is 4.01. The minimum atomic E-state index is -2.01. The highest BCUT2D eigenvalue weighted by molar-refractivity contribution is 6.59. The molecule has 0 atom stereocenters. The molecule has 0 saturated carbocycles. The van der Waals surface area contributed by atoms with E-state index in [9.17, 15) is 13.2 Å². The first-order chi connectivity index (χ1) is 6.49. The van der Waals surface area contributed by atoms with Crippen LogP contribution in [0.25, 0.3) is 0 Å². The van der Waals surface area contributed by atoms with Crippen LogP contribution in [0.3, 0.4) is 0 Å². The second-order valence-corrected chi connectivity index (χ2v) is 2.78. The second kappa shape index (κ2) is 4.02. The largest absolute Gasteiger partial charge is 0.488 e. The normalized spacial score (nSPS) is 10.4. The Labute approximate surface area is 79.1 Å². The molecule has 14 heavy (non-hydrogen) atoms. The zero-order chi connectivity index (χ0) is 10.9. The minimum absolute atomic E-state index is 0.0516. The third-order valence-electron chi connectivity index (χ3n) is 1.93. The van der Waals surface area contributed by atoms with Crippen LogP contribution in [0.1, 0.15) is 12.5 Å². The SMILES string of the molecule is CCc1c(B(O)O)cc(F)c(F)c1F. The van der Waals surface area contributed by atoms with Gasteiger partial charge in [-0.15, -0.1) is 0 Å². The molecule has 1 aromatic carbocycles. The number of benzene rings is 1. The zero-order valence-electron chi connectivity index (χ0n) is 7.39. The fourth-order valence-corrected chi connectivity index (χ4v) is 1.24. The second-order valence-electron chi connectivity index (χ2n) is 2.78. The molecule has 0 aliphatic carbocycles. The zero-order valence-corrected chi connectivity index (χ0v) is 7.39. The van der Waals surface area contributed by atoms with Crippen molar-refractivity contribution in [1.82, 2.24) is 0 Å². The Morgan fingerprint density at radius 2 is 1.79 bits per heavy atom. The van der Waals surface area contributed by atoms with Gasteiger partial charge in [-0.3, -0.25) is 0 Å². The van der Waals surface area contributed by atoms with Crippen LogP contribution in [-0.4, -0.2) is 17.2 Å². The van der Waals surface area contributed by atoms with Crippen LogP contribution in [0.15, 0.2) is 6.07 Å². The van der Waals surface area contributed by atoms with Crippen LogP contribution in [0.5, 0.6) is 0 Å². The van der Waals surface area contributed by atoms with Gasteiger partial charge in [-0.2, -0.15) is 0 Å². The van der Waals surface area contributed by atoms with Crippen LogP contribution in [0.4, 0.5) is 13.2 Å². The van der Waals surface area contributed by atoms with Crippen molar-refractivity contribution in [1.29, 1.82) is 0 Å². The summed E-state index contributed by atoms with van der Waals surface area (Å²) >= 11 is 0. The number of rotatable bonds is 2. The van der Waals surface area contributed by atoms with Gasteiger partial charge in [-0.1, -0.05) is 6.92 Å². The van der Waals surface area contributed by atoms with E-state index in [1.54, 1.807) is 0 Å². The Balaban J connectivity index is 3.43. The first-order valence-electron chi connectivity index (χ1n) is 4.01. The molecule has 0 bridgehead atoms. The monoisotopic (exact) mass is 204 g/mol. The Morgan fingerprint density at radius 1 is 1.21 bits per heavy atom. The van der Waals surface area contributed by atoms with Gasteiger partial charge in [0.05, 0.1) is 0 Å². The van der Waals surface area contributed by atoms with Crippen LogP contribution in [0.2, 0.25) is 0 Å². The van der Waals surface area contributed by atoms with Crippen molar-refractivity contribution in [2.24, 2.45) is 0 Å². The standard InChI is InChI=1S/C8H8BF3O2/c1-2-4-5(9(13)14)3-6(10)8(12)7(4)11/h3,13-14H,2H2,1H3. The summed E-state index contributed by atoms with van der Waals surface area (Å²) in [4.78, 5) is 0. The van der Waals surface area contributed by atoms with E-state index in [2.05, 4.69) is 0 Å². The van der Waals surface area contributed by atoms with Crippen LogP contribution in [-0.2, 0) is 6.42 Å². The highest BCUT2D eigenvalue weighted by Gasteiger charge is 2.23. The Hall–Kier alpha value is -1.01. The molecule has 1 aromatic rings. The van der Waals surface area contributed by atoms with Gasteiger partial charge < -0.3 is 10.0 Å². The van der Waals surface area contributed by atoms with Crippen molar-refractivity contribution in [3.05, 3.63) is 29.1 Å². The summed E-state index contributed by atoms with van der Waals surface area (Å²) in [5.41, 5.74) is -0.567. The summed E-state index contributed by atoms with van der Waals surface area (Å²) in [6.07, 6.45) is 0.0516. The average Bonchev–Trinajstić information content (AvgIpc) is 2.13. The molecular weight excluding hydrogens is 196 g/mol. The molecule has 1 rings (SSSR count). The van der Waals surface area contributed by atoms with Crippen molar-refractivity contribution in [2.75, 3.05) is 0 Å². The predicted molar refractivity (Wildman–Crippen MR) is 45.5 cm³/mol. The highest BCUT2D eigenvalue weighted by Crippen LogP contribution is 2.14. The van der Waals surface area contributed by atoms with Crippen LogP contribution >= 0.6 is 0 Å². The van der Waals surface area contributed by atoms with Gasteiger partial charge in [0.25, 0.3) is 0 Å². The lowest BCUT2D eigenvalue weighted by atomic mass is 9.76. The lowest BCUT2D eigenvalue weighted by Crippen LogP contribution is -2.34. The molecule has 0 aromatic heterocycles. The van der Waals surface area contributed by atoms with Crippen LogP contribution < -0.4 is 5.46 Å². The molecule has 0 amide bonds. The van der Waals surface area contributed by atoms with Gasteiger partial charge >= 0.3 is 7.12 Å². The molecule has 0 unspecified atom stereocenters. The molecule has 0 aliphatic heterocycles. The molecule has 6 heteroatoms.